The molecular formula is C15H15N3O. The molecular weight excluding hydrogens is 238 g/mol. The van der Waals surface area contributed by atoms with Crippen molar-refractivity contribution in [2.24, 2.45) is 0 Å². The van der Waals surface area contributed by atoms with Crippen LogP contribution in [-0.4, -0.2) is 17.1 Å². The van der Waals surface area contributed by atoms with Crippen LogP contribution in [-0.2, 0) is 0 Å². The Bertz CT molecular complexity index is 746. The lowest BCUT2D eigenvalue weighted by molar-refractivity contribution is 0.415. The van der Waals surface area contributed by atoms with Crippen molar-refractivity contribution >= 4 is 16.7 Å². The first-order valence-corrected chi connectivity index (χ1v) is 6.07. The first-order chi connectivity index (χ1) is 9.17. The number of aryl methyl sites for hydroxylation is 1. The van der Waals surface area contributed by atoms with E-state index in [1.165, 1.54) is 0 Å². The second-order valence-electron chi connectivity index (χ2n) is 4.54. The van der Waals surface area contributed by atoms with E-state index in [1.54, 1.807) is 7.11 Å². The number of hydrogen-bond acceptors (Lipinski definition) is 3. The second kappa shape index (κ2) is 4.31. The van der Waals surface area contributed by atoms with Crippen molar-refractivity contribution in [3.8, 4) is 17.1 Å². The first-order valence-electron chi connectivity index (χ1n) is 6.07. The number of ether oxygens (including phenoxy) is 1. The molecule has 0 bridgehead atoms. The van der Waals surface area contributed by atoms with E-state index in [0.717, 1.165) is 39.4 Å². The summed E-state index contributed by atoms with van der Waals surface area (Å²) in [6.45, 7) is 1.99. The minimum absolute atomic E-state index is 0.793. The summed E-state index contributed by atoms with van der Waals surface area (Å²) >= 11 is 0. The van der Waals surface area contributed by atoms with Crippen molar-refractivity contribution in [1.82, 2.24) is 9.97 Å². The molecule has 1 aromatic heterocycles. The fourth-order valence-electron chi connectivity index (χ4n) is 2.08. The van der Waals surface area contributed by atoms with Crippen LogP contribution < -0.4 is 10.5 Å². The van der Waals surface area contributed by atoms with Crippen LogP contribution >= 0.6 is 0 Å². The molecule has 0 aliphatic carbocycles. The van der Waals surface area contributed by atoms with Crippen molar-refractivity contribution in [1.29, 1.82) is 0 Å². The van der Waals surface area contributed by atoms with E-state index in [4.69, 9.17) is 10.5 Å². The van der Waals surface area contributed by atoms with Gasteiger partial charge < -0.3 is 15.5 Å². The zero-order valence-electron chi connectivity index (χ0n) is 10.9. The van der Waals surface area contributed by atoms with Crippen LogP contribution in [0, 0.1) is 6.92 Å². The molecule has 1 heterocycles. The number of nitrogens with one attached hydrogen (secondary N) is 1. The number of hydrogen-bond donors (Lipinski definition) is 2. The molecule has 0 saturated heterocycles. The Hall–Kier alpha value is -2.49. The average molecular weight is 253 g/mol. The Morgan fingerprint density at radius 3 is 2.74 bits per heavy atom. The summed E-state index contributed by atoms with van der Waals surface area (Å²) in [7, 11) is 1.65. The maximum Gasteiger partial charge on any atom is 0.138 e. The number of rotatable bonds is 2. The molecule has 4 nitrogen and oxygen atoms in total. The standard InChI is InChI=1S/C15H15N3O/c1-9-7-10(3-5-12(9)16)15-17-13-6-4-11(19-2)8-14(13)18-15/h3-8H,16H2,1-2H3,(H,17,18). The van der Waals surface area contributed by atoms with Crippen LogP contribution in [0.2, 0.25) is 0 Å². The Balaban J connectivity index is 2.11. The Labute approximate surface area is 111 Å². The van der Waals surface area contributed by atoms with Crippen molar-refractivity contribution < 1.29 is 4.74 Å². The van der Waals surface area contributed by atoms with Crippen LogP contribution in [0.4, 0.5) is 5.69 Å². The van der Waals surface area contributed by atoms with Crippen molar-refractivity contribution in [3.05, 3.63) is 42.0 Å². The van der Waals surface area contributed by atoms with E-state index in [2.05, 4.69) is 9.97 Å². The molecule has 3 aromatic rings. The quantitative estimate of drug-likeness (QED) is 0.690. The molecule has 0 saturated carbocycles. The normalized spacial score (nSPS) is 10.8. The Morgan fingerprint density at radius 1 is 1.16 bits per heavy atom. The smallest absolute Gasteiger partial charge is 0.138 e. The van der Waals surface area contributed by atoms with E-state index in [-0.39, 0.29) is 0 Å². The predicted molar refractivity (Wildman–Crippen MR) is 77.2 cm³/mol. The highest BCUT2D eigenvalue weighted by Crippen LogP contribution is 2.25. The molecule has 3 rings (SSSR count). The van der Waals surface area contributed by atoms with Crippen molar-refractivity contribution in [2.45, 2.75) is 6.92 Å². The number of aromatic amines is 1. The summed E-state index contributed by atoms with van der Waals surface area (Å²) < 4.78 is 5.21. The monoisotopic (exact) mass is 253 g/mol. The van der Waals surface area contributed by atoms with Crippen LogP contribution in [0.3, 0.4) is 0 Å². The zero-order valence-corrected chi connectivity index (χ0v) is 10.9. The van der Waals surface area contributed by atoms with Gasteiger partial charge in [-0.25, -0.2) is 4.98 Å². The van der Waals surface area contributed by atoms with Gasteiger partial charge in [0.2, 0.25) is 0 Å². The van der Waals surface area contributed by atoms with Gasteiger partial charge in [-0.05, 0) is 42.8 Å². The Kier molecular flexibility index (Phi) is 2.63. The maximum absolute atomic E-state index is 5.83. The van der Waals surface area contributed by atoms with E-state index < -0.39 is 0 Å². The van der Waals surface area contributed by atoms with E-state index in [0.29, 0.717) is 0 Å². The number of fused-ring (bicyclic) bond motifs is 1. The summed E-state index contributed by atoms with van der Waals surface area (Å²) in [6, 6.07) is 11.7. The Morgan fingerprint density at radius 2 is 2.00 bits per heavy atom. The topological polar surface area (TPSA) is 63.9 Å². The fourth-order valence-corrected chi connectivity index (χ4v) is 2.08. The number of H-pyrrole nitrogens is 1. The third-order valence-electron chi connectivity index (χ3n) is 3.23. The van der Waals surface area contributed by atoms with E-state index in [9.17, 15) is 0 Å². The van der Waals surface area contributed by atoms with Gasteiger partial charge in [-0.3, -0.25) is 0 Å². The predicted octanol–water partition coefficient (Wildman–Crippen LogP) is 3.13. The van der Waals surface area contributed by atoms with Crippen molar-refractivity contribution in [3.63, 3.8) is 0 Å². The van der Waals surface area contributed by atoms with Gasteiger partial charge in [-0.2, -0.15) is 0 Å². The van der Waals surface area contributed by atoms with Crippen LogP contribution in [0.1, 0.15) is 5.56 Å². The highest BCUT2D eigenvalue weighted by atomic mass is 16.5. The molecule has 0 fully saturated rings. The third-order valence-corrected chi connectivity index (χ3v) is 3.23. The molecule has 0 atom stereocenters. The van der Waals surface area contributed by atoms with Gasteiger partial charge in [-0.15, -0.1) is 0 Å². The maximum atomic E-state index is 5.83. The summed E-state index contributed by atoms with van der Waals surface area (Å²) in [6.07, 6.45) is 0. The molecule has 19 heavy (non-hydrogen) atoms. The summed E-state index contributed by atoms with van der Waals surface area (Å²) in [5, 5.41) is 0. The summed E-state index contributed by atoms with van der Waals surface area (Å²) in [4.78, 5) is 7.88. The van der Waals surface area contributed by atoms with Crippen LogP contribution in [0.5, 0.6) is 5.75 Å². The van der Waals surface area contributed by atoms with Gasteiger partial charge in [0, 0.05) is 17.3 Å². The summed E-state index contributed by atoms with van der Waals surface area (Å²) in [5.41, 5.74) is 10.6. The number of aromatic nitrogens is 2. The first kappa shape index (κ1) is 11.6. The SMILES string of the molecule is COc1ccc2nc(-c3ccc(N)c(C)c3)[nH]c2c1. The molecule has 0 radical (unpaired) electrons. The average Bonchev–Trinajstić information content (AvgIpc) is 2.84. The number of imidazole rings is 1. The zero-order chi connectivity index (χ0) is 13.4. The van der Waals surface area contributed by atoms with E-state index in [1.807, 2.05) is 43.3 Å². The van der Waals surface area contributed by atoms with E-state index >= 15 is 0 Å². The highest BCUT2D eigenvalue weighted by Gasteiger charge is 2.07. The van der Waals surface area contributed by atoms with Gasteiger partial charge >= 0.3 is 0 Å². The highest BCUT2D eigenvalue weighted by molar-refractivity contribution is 5.81. The number of nitrogen functional groups attached to an aromatic ring is 1. The molecule has 0 spiro atoms. The fraction of sp³-hybridized carbons (Fsp3) is 0.133. The molecule has 4 heteroatoms. The van der Waals surface area contributed by atoms with Gasteiger partial charge in [0.05, 0.1) is 18.1 Å². The van der Waals surface area contributed by atoms with Crippen LogP contribution in [0.25, 0.3) is 22.4 Å². The molecule has 0 aliphatic heterocycles. The molecule has 0 unspecified atom stereocenters. The number of benzene rings is 2. The molecule has 0 aliphatic rings. The second-order valence-corrected chi connectivity index (χ2v) is 4.54. The number of nitrogens with zero attached hydrogens (tertiary/aromatic N) is 1. The number of methoxy groups -OCH3 is 1. The van der Waals surface area contributed by atoms with Crippen molar-refractivity contribution in [2.75, 3.05) is 12.8 Å². The van der Waals surface area contributed by atoms with Gasteiger partial charge in [-0.1, -0.05) is 0 Å². The molecule has 0 amide bonds. The molecule has 3 N–H and O–H groups in total. The third kappa shape index (κ3) is 2.01. The van der Waals surface area contributed by atoms with Crippen LogP contribution in [0.15, 0.2) is 36.4 Å². The lowest BCUT2D eigenvalue weighted by Gasteiger charge is -2.01. The number of anilines is 1. The largest absolute Gasteiger partial charge is 0.497 e. The summed E-state index contributed by atoms with van der Waals surface area (Å²) in [5.74, 6) is 1.66. The number of nitrogens with two attached hydrogens (primary N) is 1. The molecule has 96 valence electrons. The molecule has 2 aromatic carbocycles. The van der Waals surface area contributed by atoms with Gasteiger partial charge in [0.15, 0.2) is 0 Å². The lowest BCUT2D eigenvalue weighted by atomic mass is 10.1. The minimum Gasteiger partial charge on any atom is -0.497 e. The van der Waals surface area contributed by atoms with Gasteiger partial charge in [0.25, 0.3) is 0 Å². The van der Waals surface area contributed by atoms with Gasteiger partial charge in [0.1, 0.15) is 11.6 Å². The lowest BCUT2D eigenvalue weighted by Crippen LogP contribution is -1.90. The minimum atomic E-state index is 0.793.